The zero-order valence-electron chi connectivity index (χ0n) is 8.95. The lowest BCUT2D eigenvalue weighted by Gasteiger charge is -2.12. The van der Waals surface area contributed by atoms with E-state index in [9.17, 15) is 22.8 Å². The topological polar surface area (TPSA) is 81.4 Å². The summed E-state index contributed by atoms with van der Waals surface area (Å²) >= 11 is 0. The van der Waals surface area contributed by atoms with Gasteiger partial charge in [0.2, 0.25) is 5.91 Å². The number of halogens is 3. The number of rotatable bonds is 4. The van der Waals surface area contributed by atoms with Crippen molar-refractivity contribution in [2.75, 3.05) is 6.61 Å². The smallest absolute Gasteiger partial charge is 0.368 e. The van der Waals surface area contributed by atoms with Crippen LogP contribution in [0.4, 0.5) is 13.2 Å². The Morgan fingerprint density at radius 2 is 1.89 bits per heavy atom. The van der Waals surface area contributed by atoms with Gasteiger partial charge in [0.1, 0.15) is 0 Å². The third-order valence-electron chi connectivity index (χ3n) is 1.86. The van der Waals surface area contributed by atoms with Crippen molar-refractivity contribution in [2.24, 2.45) is 5.73 Å². The number of hydrogen-bond donors (Lipinski definition) is 2. The molecule has 0 unspecified atom stereocenters. The van der Waals surface area contributed by atoms with Crippen molar-refractivity contribution in [3.8, 4) is 0 Å². The van der Waals surface area contributed by atoms with Crippen LogP contribution in [0.5, 0.6) is 0 Å². The van der Waals surface area contributed by atoms with Gasteiger partial charge in [-0.2, -0.15) is 13.2 Å². The first-order chi connectivity index (χ1) is 8.32. The number of amides is 2. The Morgan fingerprint density at radius 1 is 1.28 bits per heavy atom. The summed E-state index contributed by atoms with van der Waals surface area (Å²) in [6.07, 6.45) is -4.66. The number of nitrogens with two attached hydrogens (primary N) is 1. The summed E-state index contributed by atoms with van der Waals surface area (Å²) in [5, 5.41) is 0. The number of alkyl halides is 3. The Kier molecular flexibility index (Phi) is 4.27. The van der Waals surface area contributed by atoms with E-state index < -0.39 is 35.7 Å². The second-order valence-electron chi connectivity index (χ2n) is 3.23. The number of primary amides is 1. The highest BCUT2D eigenvalue weighted by atomic mass is 19.4. The van der Waals surface area contributed by atoms with Gasteiger partial charge in [0.25, 0.3) is 5.91 Å². The zero-order valence-corrected chi connectivity index (χ0v) is 8.95. The van der Waals surface area contributed by atoms with Crippen molar-refractivity contribution in [2.45, 2.75) is 6.18 Å². The molecule has 5 nitrogen and oxygen atoms in total. The zero-order chi connectivity index (χ0) is 13.8. The Hall–Kier alpha value is -2.09. The highest BCUT2D eigenvalue weighted by molar-refractivity contribution is 5.95. The Bertz CT molecular complexity index is 460. The minimum absolute atomic E-state index is 0.602. The van der Waals surface area contributed by atoms with Crippen LogP contribution in [-0.2, 0) is 15.8 Å². The van der Waals surface area contributed by atoms with Gasteiger partial charge in [0, 0.05) is 0 Å². The van der Waals surface area contributed by atoms with Crippen molar-refractivity contribution >= 4 is 11.8 Å². The summed E-state index contributed by atoms with van der Waals surface area (Å²) in [6, 6.07) is 4.19. The van der Waals surface area contributed by atoms with Crippen molar-refractivity contribution in [3.63, 3.8) is 0 Å². The van der Waals surface area contributed by atoms with E-state index in [1.165, 1.54) is 6.07 Å². The molecule has 0 aromatic heterocycles. The van der Waals surface area contributed by atoms with Gasteiger partial charge in [-0.05, 0) is 12.1 Å². The molecule has 0 atom stereocenters. The lowest BCUT2D eigenvalue weighted by Crippen LogP contribution is -2.30. The normalized spacial score (nSPS) is 11.1. The van der Waals surface area contributed by atoms with Gasteiger partial charge in [-0.25, -0.2) is 5.48 Å². The van der Waals surface area contributed by atoms with Crippen LogP contribution in [0.2, 0.25) is 0 Å². The largest absolute Gasteiger partial charge is 0.417 e. The molecule has 98 valence electrons. The van der Waals surface area contributed by atoms with Crippen molar-refractivity contribution < 1.29 is 27.6 Å². The fourth-order valence-electron chi connectivity index (χ4n) is 1.16. The quantitative estimate of drug-likeness (QED) is 0.789. The molecule has 0 aliphatic heterocycles. The molecule has 0 aliphatic carbocycles. The van der Waals surface area contributed by atoms with E-state index >= 15 is 0 Å². The van der Waals surface area contributed by atoms with Crippen LogP contribution >= 0.6 is 0 Å². The van der Waals surface area contributed by atoms with Gasteiger partial charge in [-0.15, -0.1) is 0 Å². The third-order valence-corrected chi connectivity index (χ3v) is 1.86. The monoisotopic (exact) mass is 262 g/mol. The molecule has 0 radical (unpaired) electrons. The Morgan fingerprint density at radius 3 is 2.44 bits per heavy atom. The van der Waals surface area contributed by atoms with Crippen LogP contribution < -0.4 is 11.2 Å². The predicted molar refractivity (Wildman–Crippen MR) is 54.1 cm³/mol. The molecular weight excluding hydrogens is 253 g/mol. The van der Waals surface area contributed by atoms with E-state index in [0.29, 0.717) is 0 Å². The maximum Gasteiger partial charge on any atom is 0.417 e. The first-order valence-corrected chi connectivity index (χ1v) is 4.69. The summed E-state index contributed by atoms with van der Waals surface area (Å²) in [5.41, 5.74) is 4.73. The fraction of sp³-hybridized carbons (Fsp3) is 0.200. The van der Waals surface area contributed by atoms with Crippen LogP contribution in [0.25, 0.3) is 0 Å². The van der Waals surface area contributed by atoms with Gasteiger partial charge in [-0.1, -0.05) is 12.1 Å². The van der Waals surface area contributed by atoms with E-state index in [4.69, 9.17) is 5.73 Å². The molecule has 2 amide bonds. The highest BCUT2D eigenvalue weighted by Gasteiger charge is 2.34. The van der Waals surface area contributed by atoms with Crippen LogP contribution in [0.3, 0.4) is 0 Å². The number of hydrogen-bond acceptors (Lipinski definition) is 3. The summed E-state index contributed by atoms with van der Waals surface area (Å²) in [5.74, 6) is -1.97. The highest BCUT2D eigenvalue weighted by Crippen LogP contribution is 2.31. The van der Waals surface area contributed by atoms with E-state index in [1.807, 2.05) is 0 Å². The van der Waals surface area contributed by atoms with Crippen molar-refractivity contribution in [3.05, 3.63) is 35.4 Å². The summed E-state index contributed by atoms with van der Waals surface area (Å²) in [4.78, 5) is 26.1. The van der Waals surface area contributed by atoms with Gasteiger partial charge >= 0.3 is 6.18 Å². The van der Waals surface area contributed by atoms with Crippen molar-refractivity contribution in [1.82, 2.24) is 5.48 Å². The van der Waals surface area contributed by atoms with Gasteiger partial charge < -0.3 is 5.73 Å². The molecule has 0 saturated heterocycles. The predicted octanol–water partition coefficient (Wildman–Crippen LogP) is 0.852. The fourth-order valence-corrected chi connectivity index (χ4v) is 1.16. The maximum atomic E-state index is 12.6. The van der Waals surface area contributed by atoms with Crippen LogP contribution in [0, 0.1) is 0 Å². The molecule has 0 spiro atoms. The van der Waals surface area contributed by atoms with Crippen LogP contribution in [0.15, 0.2) is 24.3 Å². The Labute approximate surface area is 99.7 Å². The molecule has 1 aromatic carbocycles. The summed E-state index contributed by atoms with van der Waals surface area (Å²) in [6.45, 7) is -0.625. The molecule has 0 fully saturated rings. The molecule has 0 heterocycles. The molecule has 3 N–H and O–H groups in total. The summed E-state index contributed by atoms with van der Waals surface area (Å²) < 4.78 is 37.7. The molecule has 1 aromatic rings. The molecule has 1 rings (SSSR count). The first-order valence-electron chi connectivity index (χ1n) is 4.69. The second kappa shape index (κ2) is 5.50. The molecular formula is C10H9F3N2O3. The SMILES string of the molecule is NC(=O)CONC(=O)c1ccccc1C(F)(F)F. The molecule has 0 saturated carbocycles. The van der Waals surface area contributed by atoms with Crippen LogP contribution in [0.1, 0.15) is 15.9 Å². The number of carbonyl (C=O) groups is 2. The Balaban J connectivity index is 2.83. The van der Waals surface area contributed by atoms with Gasteiger partial charge in [-0.3, -0.25) is 14.4 Å². The summed E-state index contributed by atoms with van der Waals surface area (Å²) in [7, 11) is 0. The number of carbonyl (C=O) groups excluding carboxylic acids is 2. The standard InChI is InChI=1S/C10H9F3N2O3/c11-10(12,13)7-4-2-1-3-6(7)9(17)15-18-5-8(14)16/h1-4H,5H2,(H2,14,16)(H,15,17). The molecule has 18 heavy (non-hydrogen) atoms. The number of benzene rings is 1. The molecule has 0 bridgehead atoms. The third kappa shape index (κ3) is 3.74. The first kappa shape index (κ1) is 14.0. The minimum Gasteiger partial charge on any atom is -0.368 e. The maximum absolute atomic E-state index is 12.6. The molecule has 0 aliphatic rings. The lowest BCUT2D eigenvalue weighted by atomic mass is 10.1. The average Bonchev–Trinajstić information content (AvgIpc) is 2.27. The lowest BCUT2D eigenvalue weighted by molar-refractivity contribution is -0.138. The number of hydroxylamine groups is 1. The van der Waals surface area contributed by atoms with Gasteiger partial charge in [0.15, 0.2) is 6.61 Å². The van der Waals surface area contributed by atoms with E-state index in [0.717, 1.165) is 18.2 Å². The number of nitrogens with one attached hydrogen (secondary N) is 1. The van der Waals surface area contributed by atoms with E-state index in [-0.39, 0.29) is 0 Å². The van der Waals surface area contributed by atoms with Gasteiger partial charge in [0.05, 0.1) is 11.1 Å². The van der Waals surface area contributed by atoms with Crippen LogP contribution in [-0.4, -0.2) is 18.4 Å². The average molecular weight is 262 g/mol. The van der Waals surface area contributed by atoms with Crippen molar-refractivity contribution in [1.29, 1.82) is 0 Å². The van der Waals surface area contributed by atoms with E-state index in [1.54, 1.807) is 5.48 Å². The van der Waals surface area contributed by atoms with E-state index in [2.05, 4.69) is 4.84 Å². The second-order valence-corrected chi connectivity index (χ2v) is 3.23. The molecule has 8 heteroatoms. The minimum atomic E-state index is -4.66.